The summed E-state index contributed by atoms with van der Waals surface area (Å²) in [7, 11) is -3.72. The van der Waals surface area contributed by atoms with Gasteiger partial charge in [-0.3, -0.25) is 9.69 Å². The number of carbonyl (C=O) groups excluding carboxylic acids is 1. The number of carbonyl (C=O) groups is 2. The van der Waals surface area contributed by atoms with Gasteiger partial charge in [0.1, 0.15) is 17.7 Å². The van der Waals surface area contributed by atoms with Gasteiger partial charge in [0.25, 0.3) is 5.91 Å². The second kappa shape index (κ2) is 12.5. The Morgan fingerprint density at radius 1 is 1.02 bits per heavy atom. The van der Waals surface area contributed by atoms with Gasteiger partial charge in [0, 0.05) is 24.7 Å². The van der Waals surface area contributed by atoms with Crippen LogP contribution in [0, 0.1) is 5.82 Å². The number of benzene rings is 2. The number of nitrogens with one attached hydrogen (secondary N) is 1. The molecule has 3 fully saturated rings. The van der Waals surface area contributed by atoms with Gasteiger partial charge < -0.3 is 9.84 Å². The molecule has 0 bridgehead atoms. The largest absolute Gasteiger partial charge is 0.490 e. The van der Waals surface area contributed by atoms with Crippen molar-refractivity contribution in [3.8, 4) is 5.75 Å². The Morgan fingerprint density at radius 3 is 2.12 bits per heavy atom. The highest BCUT2D eigenvalue weighted by molar-refractivity contribution is 7.91. The predicted molar refractivity (Wildman–Crippen MR) is 142 cm³/mol. The zero-order valence-corrected chi connectivity index (χ0v) is 23.4. The summed E-state index contributed by atoms with van der Waals surface area (Å²) >= 11 is 5.93. The van der Waals surface area contributed by atoms with Gasteiger partial charge in [0.05, 0.1) is 10.8 Å². The third-order valence-corrected chi connectivity index (χ3v) is 9.05. The summed E-state index contributed by atoms with van der Waals surface area (Å²) in [5.41, 5.74) is 1.64. The average molecular weight is 621 g/mol. The Labute approximate surface area is 239 Å². The topological polar surface area (TPSA) is 113 Å². The van der Waals surface area contributed by atoms with Crippen molar-refractivity contribution in [1.29, 1.82) is 0 Å². The molecule has 8 nitrogen and oxygen atoms in total. The molecule has 3 aliphatic rings. The molecule has 0 radical (unpaired) electrons. The van der Waals surface area contributed by atoms with Crippen LogP contribution in [0.2, 0.25) is 5.02 Å². The minimum Gasteiger partial charge on any atom is -0.490 e. The highest BCUT2D eigenvalue weighted by atomic mass is 35.5. The molecule has 2 aromatic rings. The monoisotopic (exact) mass is 620 g/mol. The molecule has 2 N–H and O–H groups in total. The maximum atomic E-state index is 14.9. The highest BCUT2D eigenvalue weighted by Crippen LogP contribution is 2.43. The van der Waals surface area contributed by atoms with Crippen LogP contribution in [0.3, 0.4) is 0 Å². The fourth-order valence-corrected chi connectivity index (χ4v) is 5.91. The summed E-state index contributed by atoms with van der Waals surface area (Å²) < 4.78 is 79.0. The van der Waals surface area contributed by atoms with Crippen LogP contribution in [0.1, 0.15) is 65.9 Å². The van der Waals surface area contributed by atoms with Crippen molar-refractivity contribution in [2.24, 2.45) is 0 Å². The van der Waals surface area contributed by atoms with E-state index in [1.807, 2.05) is 24.3 Å². The van der Waals surface area contributed by atoms with Crippen molar-refractivity contribution >= 4 is 33.5 Å². The molecule has 1 saturated heterocycles. The summed E-state index contributed by atoms with van der Waals surface area (Å²) in [6, 6.07) is 10.3. The van der Waals surface area contributed by atoms with Crippen LogP contribution in [0.5, 0.6) is 5.75 Å². The van der Waals surface area contributed by atoms with Gasteiger partial charge in [0.2, 0.25) is 10.0 Å². The number of piperidine rings is 1. The van der Waals surface area contributed by atoms with Crippen LogP contribution >= 0.6 is 11.6 Å². The molecule has 14 heteroatoms. The molecule has 2 saturated carbocycles. The lowest BCUT2D eigenvalue weighted by molar-refractivity contribution is -0.192. The van der Waals surface area contributed by atoms with Crippen molar-refractivity contribution in [3.63, 3.8) is 0 Å². The molecule has 1 aliphatic heterocycles. The lowest BCUT2D eigenvalue weighted by atomic mass is 9.97. The Balaban J connectivity index is 0.000000493. The fourth-order valence-electron chi connectivity index (χ4n) is 4.49. The summed E-state index contributed by atoms with van der Waals surface area (Å²) in [5, 5.41) is 7.27. The number of ether oxygens (including phenoxy) is 1. The lowest BCUT2D eigenvalue weighted by Crippen LogP contribution is -2.38. The average Bonchev–Trinajstić information content (AvgIpc) is 3.79. The Bertz CT molecular complexity index is 1370. The van der Waals surface area contributed by atoms with Gasteiger partial charge in [-0.15, -0.1) is 0 Å². The van der Waals surface area contributed by atoms with Gasteiger partial charge in [-0.2, -0.15) is 13.2 Å². The standard InChI is InChI=1S/C25H28ClFN2O4S.C2HF3O2/c26-18-3-5-19(6-4-18)33-20-9-11-29(12-10-20)15-17-13-24(27)23(14-22(17)16-1-2-16)25(30)28-34(31,32)21-7-8-21;3-2(4,5)1(6)7/h3-6,13-14,16,20-21H,1-2,7-12,15H2,(H,28,30);(H,6,7). The van der Waals surface area contributed by atoms with E-state index in [1.54, 1.807) is 6.07 Å². The van der Waals surface area contributed by atoms with Gasteiger partial charge in [-0.05, 0) is 92.0 Å². The van der Waals surface area contributed by atoms with Gasteiger partial charge in [0.15, 0.2) is 0 Å². The van der Waals surface area contributed by atoms with Gasteiger partial charge >= 0.3 is 12.1 Å². The second-order valence-corrected chi connectivity index (χ2v) is 12.7. The number of alkyl halides is 3. The number of carboxylic acid groups (broad SMARTS) is 1. The summed E-state index contributed by atoms with van der Waals surface area (Å²) in [6.45, 7) is 2.25. The number of rotatable bonds is 8. The molecular formula is C27H29ClF4N2O6S. The number of carboxylic acids is 1. The first-order valence-corrected chi connectivity index (χ1v) is 15.0. The van der Waals surface area contributed by atoms with E-state index in [4.69, 9.17) is 26.2 Å². The van der Waals surface area contributed by atoms with Crippen LogP contribution in [-0.2, 0) is 21.4 Å². The number of aliphatic carboxylic acids is 1. The quantitative estimate of drug-likeness (QED) is 0.387. The third-order valence-electron chi connectivity index (χ3n) is 6.98. The van der Waals surface area contributed by atoms with E-state index < -0.39 is 39.1 Å². The lowest BCUT2D eigenvalue weighted by Gasteiger charge is -2.32. The molecule has 1 heterocycles. The van der Waals surface area contributed by atoms with Crippen LogP contribution in [0.4, 0.5) is 17.6 Å². The molecule has 224 valence electrons. The molecule has 5 rings (SSSR count). The molecular weight excluding hydrogens is 592 g/mol. The number of amides is 1. The third kappa shape index (κ3) is 8.79. The molecule has 1 amide bonds. The summed E-state index contributed by atoms with van der Waals surface area (Å²) in [4.78, 5) is 23.7. The van der Waals surface area contributed by atoms with Crippen molar-refractivity contribution < 1.29 is 45.4 Å². The smallest absolute Gasteiger partial charge is 0.490 e. The normalized spacial score (nSPS) is 18.3. The van der Waals surface area contributed by atoms with E-state index in [1.165, 1.54) is 6.07 Å². The molecule has 2 aliphatic carbocycles. The minimum absolute atomic E-state index is 0.122. The number of halogens is 5. The van der Waals surface area contributed by atoms with Gasteiger partial charge in [-0.1, -0.05) is 11.6 Å². The van der Waals surface area contributed by atoms with Crippen molar-refractivity contribution in [1.82, 2.24) is 9.62 Å². The van der Waals surface area contributed by atoms with Crippen LogP contribution in [0.25, 0.3) is 0 Å². The molecule has 0 unspecified atom stereocenters. The summed E-state index contributed by atoms with van der Waals surface area (Å²) in [6.07, 6.45) is -0.157. The highest BCUT2D eigenvalue weighted by Gasteiger charge is 2.39. The first kappa shape index (κ1) is 31.0. The van der Waals surface area contributed by atoms with Crippen molar-refractivity contribution in [2.75, 3.05) is 13.1 Å². The molecule has 0 aromatic heterocycles. The van der Waals surface area contributed by atoms with Crippen LogP contribution < -0.4 is 9.46 Å². The zero-order valence-electron chi connectivity index (χ0n) is 21.8. The minimum atomic E-state index is -5.08. The van der Waals surface area contributed by atoms with Crippen molar-refractivity contribution in [2.45, 2.75) is 68.5 Å². The van der Waals surface area contributed by atoms with E-state index in [0.29, 0.717) is 30.3 Å². The predicted octanol–water partition coefficient (Wildman–Crippen LogP) is 5.26. The molecule has 0 atom stereocenters. The first-order valence-electron chi connectivity index (χ1n) is 13.1. The van der Waals surface area contributed by atoms with Crippen LogP contribution in [0.15, 0.2) is 36.4 Å². The number of nitrogens with zero attached hydrogens (tertiary/aromatic N) is 1. The first-order chi connectivity index (χ1) is 19.2. The second-order valence-electron chi connectivity index (χ2n) is 10.3. The molecule has 41 heavy (non-hydrogen) atoms. The number of hydrogen-bond donors (Lipinski definition) is 2. The molecule has 2 aromatic carbocycles. The Morgan fingerprint density at radius 2 is 1.61 bits per heavy atom. The number of likely N-dealkylation sites (tertiary alicyclic amines) is 1. The van der Waals surface area contributed by atoms with E-state index in [9.17, 15) is 30.8 Å². The number of sulfonamides is 1. The van der Waals surface area contributed by atoms with Crippen LogP contribution in [-0.4, -0.2) is 60.9 Å². The Kier molecular flexibility index (Phi) is 9.49. The van der Waals surface area contributed by atoms with E-state index >= 15 is 0 Å². The number of hydrogen-bond acceptors (Lipinski definition) is 6. The van der Waals surface area contributed by atoms with Crippen molar-refractivity contribution in [3.05, 3.63) is 63.9 Å². The maximum absolute atomic E-state index is 14.9. The van der Waals surface area contributed by atoms with E-state index in [0.717, 1.165) is 55.6 Å². The Hall–Kier alpha value is -2.90. The van der Waals surface area contributed by atoms with E-state index in [2.05, 4.69) is 9.62 Å². The molecule has 0 spiro atoms. The maximum Gasteiger partial charge on any atom is 0.490 e. The SMILES string of the molecule is O=C(NS(=O)(=O)C1CC1)c1cc(C2CC2)c(CN2CCC(Oc3ccc(Cl)cc3)CC2)cc1F.O=C(O)C(F)(F)F. The zero-order chi connectivity index (χ0) is 29.9. The van der Waals surface area contributed by atoms with Gasteiger partial charge in [-0.25, -0.2) is 22.3 Å². The van der Waals surface area contributed by atoms with E-state index in [-0.39, 0.29) is 11.7 Å². The fraction of sp³-hybridized carbons (Fsp3) is 0.481. The summed E-state index contributed by atoms with van der Waals surface area (Å²) in [5.74, 6) is -3.21.